The van der Waals surface area contributed by atoms with E-state index in [1.54, 1.807) is 0 Å². The van der Waals surface area contributed by atoms with E-state index in [0.29, 0.717) is 0 Å². The lowest BCUT2D eigenvalue weighted by molar-refractivity contribution is -0.330. The van der Waals surface area contributed by atoms with Crippen LogP contribution < -0.4 is 0 Å². The van der Waals surface area contributed by atoms with Gasteiger partial charge < -0.3 is 55.9 Å². The molecule has 8 atom stereocenters. The molecule has 0 spiro atoms. The molecule has 0 aliphatic heterocycles. The van der Waals surface area contributed by atoms with E-state index in [1.807, 2.05) is 0 Å². The summed E-state index contributed by atoms with van der Waals surface area (Å²) in [5, 5.41) is 88.3. The summed E-state index contributed by atoms with van der Waals surface area (Å²) in [6.07, 6.45) is -10.4. The highest BCUT2D eigenvalue weighted by molar-refractivity contribution is 5.70. The quantitative estimate of drug-likeness (QED) is 0.191. The largest absolute Gasteiger partial charge is 0.394 e. The van der Waals surface area contributed by atoms with Crippen LogP contribution in [0.15, 0.2) is 0 Å². The van der Waals surface area contributed by atoms with Crippen molar-refractivity contribution in [2.24, 2.45) is 0 Å². The highest BCUT2D eigenvalue weighted by atomic mass is 16.5. The monoisotopic (exact) mass is 358 g/mol. The van der Waals surface area contributed by atoms with Gasteiger partial charge in [0.25, 0.3) is 0 Å². The smallest absolute Gasteiger partial charge is 0.182 e. The maximum Gasteiger partial charge on any atom is 0.182 e. The predicted octanol–water partition coefficient (Wildman–Crippen LogP) is -7.00. The Hall–Kier alpha value is -1.06. The van der Waals surface area contributed by atoms with Gasteiger partial charge >= 0.3 is 0 Å². The molecule has 142 valence electrons. The van der Waals surface area contributed by atoms with E-state index in [0.717, 1.165) is 0 Å². The van der Waals surface area contributed by atoms with Gasteiger partial charge in [0.1, 0.15) is 36.6 Å². The van der Waals surface area contributed by atoms with E-state index in [-0.39, 0.29) is 12.6 Å². The minimum absolute atomic E-state index is 0.0258. The van der Waals surface area contributed by atoms with Crippen molar-refractivity contribution in [3.05, 3.63) is 0 Å². The van der Waals surface area contributed by atoms with Crippen molar-refractivity contribution in [1.29, 1.82) is 0 Å². The first-order valence-electron chi connectivity index (χ1n) is 6.64. The predicted molar refractivity (Wildman–Crippen MR) is 72.2 cm³/mol. The maximum absolute atomic E-state index is 10.2. The van der Waals surface area contributed by atoms with Crippen LogP contribution in [0.25, 0.3) is 0 Å². The van der Waals surface area contributed by atoms with E-state index < -0.39 is 61.0 Å². The van der Waals surface area contributed by atoms with Crippen molar-refractivity contribution < 1.29 is 60.7 Å². The lowest BCUT2D eigenvalue weighted by Crippen LogP contribution is -2.84. The highest BCUT2D eigenvalue weighted by Gasteiger charge is 2.71. The molecular formula is C12H22O12. The Labute approximate surface area is 135 Å². The summed E-state index contributed by atoms with van der Waals surface area (Å²) >= 11 is 0. The average molecular weight is 358 g/mol. The Morgan fingerprint density at radius 2 is 1.42 bits per heavy atom. The molecule has 1 aliphatic carbocycles. The third-order valence-electron chi connectivity index (χ3n) is 3.77. The third-order valence-corrected chi connectivity index (χ3v) is 3.77. The molecule has 1 rings (SSSR count). The zero-order valence-corrected chi connectivity index (χ0v) is 12.3. The molecular weight excluding hydrogens is 336 g/mol. The Morgan fingerprint density at radius 1 is 0.917 bits per heavy atom. The van der Waals surface area contributed by atoms with Crippen molar-refractivity contribution in [2.75, 3.05) is 13.2 Å². The summed E-state index contributed by atoms with van der Waals surface area (Å²) in [5.74, 6) is 0. The first-order chi connectivity index (χ1) is 11.0. The van der Waals surface area contributed by atoms with Crippen LogP contribution in [0.5, 0.6) is 0 Å². The lowest BCUT2D eigenvalue weighted by Gasteiger charge is -2.55. The highest BCUT2D eigenvalue weighted by Crippen LogP contribution is 2.41. The second-order valence-corrected chi connectivity index (χ2v) is 5.27. The number of aldehydes is 2. The molecule has 1 fully saturated rings. The fourth-order valence-electron chi connectivity index (χ4n) is 1.91. The number of rotatable bonds is 7. The number of hydrogen-bond donors (Lipinski definition) is 10. The number of aliphatic hydroxyl groups excluding tert-OH is 8. The zero-order valence-electron chi connectivity index (χ0n) is 12.3. The van der Waals surface area contributed by atoms with Gasteiger partial charge in [-0.05, 0) is 0 Å². The van der Waals surface area contributed by atoms with E-state index in [1.165, 1.54) is 0 Å². The second-order valence-electron chi connectivity index (χ2n) is 5.27. The minimum atomic E-state index is -2.47. The van der Waals surface area contributed by atoms with Gasteiger partial charge in [0.2, 0.25) is 0 Å². The van der Waals surface area contributed by atoms with Crippen molar-refractivity contribution in [2.45, 2.75) is 47.8 Å². The van der Waals surface area contributed by atoms with Crippen LogP contribution in [0.4, 0.5) is 0 Å². The Bertz CT molecular complexity index is 415. The second kappa shape index (κ2) is 8.87. The van der Waals surface area contributed by atoms with Crippen LogP contribution in [0.3, 0.4) is 0 Å². The fraction of sp³-hybridized carbons (Fsp3) is 0.833. The van der Waals surface area contributed by atoms with Crippen LogP contribution in [-0.4, -0.2) is 125 Å². The lowest BCUT2D eigenvalue weighted by atomic mass is 9.61. The summed E-state index contributed by atoms with van der Waals surface area (Å²) in [7, 11) is 0. The molecule has 12 nitrogen and oxygen atoms in total. The molecule has 0 aromatic rings. The molecule has 0 radical (unpaired) electrons. The van der Waals surface area contributed by atoms with Crippen LogP contribution >= 0.6 is 0 Å². The summed E-state index contributed by atoms with van der Waals surface area (Å²) < 4.78 is 0. The summed E-state index contributed by atoms with van der Waals surface area (Å²) in [6, 6.07) is 0. The Morgan fingerprint density at radius 3 is 1.71 bits per heavy atom. The molecule has 0 amide bonds. The van der Waals surface area contributed by atoms with Crippen LogP contribution in [0.2, 0.25) is 0 Å². The summed E-state index contributed by atoms with van der Waals surface area (Å²) in [5.41, 5.74) is -4.82. The van der Waals surface area contributed by atoms with Gasteiger partial charge in [0.05, 0.1) is 13.2 Å². The normalized spacial score (nSPS) is 37.1. The Kier molecular flexibility index (Phi) is 8.47. The number of aliphatic hydroxyl groups is 10. The average Bonchev–Trinajstić information content (AvgIpc) is 2.62. The van der Waals surface area contributed by atoms with Gasteiger partial charge in [-0.1, -0.05) is 0 Å². The molecule has 0 heterocycles. The SMILES string of the molecule is O=C[C@@]1(O)[C@@H](O)[C@H](O)[C@]1(O)CO.O=C[C@H](O)[C@@H](O)[C@H](O)[C@H](O)CO. The van der Waals surface area contributed by atoms with E-state index in [2.05, 4.69) is 0 Å². The van der Waals surface area contributed by atoms with Crippen molar-refractivity contribution in [1.82, 2.24) is 0 Å². The van der Waals surface area contributed by atoms with Crippen molar-refractivity contribution in [3.8, 4) is 0 Å². The van der Waals surface area contributed by atoms with Crippen molar-refractivity contribution >= 4 is 12.6 Å². The molecule has 10 N–H and O–H groups in total. The molecule has 0 saturated heterocycles. The fourth-order valence-corrected chi connectivity index (χ4v) is 1.91. The first-order valence-corrected chi connectivity index (χ1v) is 6.64. The summed E-state index contributed by atoms with van der Waals surface area (Å²) in [6.45, 7) is -1.76. The van der Waals surface area contributed by atoms with Crippen molar-refractivity contribution in [3.63, 3.8) is 0 Å². The van der Waals surface area contributed by atoms with E-state index >= 15 is 0 Å². The van der Waals surface area contributed by atoms with Crippen LogP contribution in [0, 0.1) is 0 Å². The molecule has 12 heteroatoms. The molecule has 24 heavy (non-hydrogen) atoms. The number of carbonyl (C=O) groups is 2. The van der Waals surface area contributed by atoms with Gasteiger partial charge in [-0.25, -0.2) is 0 Å². The van der Waals surface area contributed by atoms with Gasteiger partial charge in [-0.3, -0.25) is 4.79 Å². The molecule has 0 unspecified atom stereocenters. The van der Waals surface area contributed by atoms with Gasteiger partial charge in [-0.15, -0.1) is 0 Å². The third kappa shape index (κ3) is 3.94. The first kappa shape index (κ1) is 22.9. The molecule has 1 aliphatic rings. The van der Waals surface area contributed by atoms with E-state index in [4.69, 9.17) is 40.9 Å². The summed E-state index contributed by atoms with van der Waals surface area (Å²) in [4.78, 5) is 20.1. The molecule has 0 bridgehead atoms. The van der Waals surface area contributed by atoms with Crippen LogP contribution in [-0.2, 0) is 9.59 Å². The molecule has 0 aromatic carbocycles. The molecule has 1 saturated carbocycles. The topological polar surface area (TPSA) is 236 Å². The van der Waals surface area contributed by atoms with Crippen LogP contribution in [0.1, 0.15) is 0 Å². The Balaban J connectivity index is 0.000000441. The van der Waals surface area contributed by atoms with Gasteiger partial charge in [-0.2, -0.15) is 0 Å². The maximum atomic E-state index is 10.2. The number of hydrogen-bond acceptors (Lipinski definition) is 12. The molecule has 0 aromatic heterocycles. The zero-order chi connectivity index (χ0) is 19.3. The minimum Gasteiger partial charge on any atom is -0.394 e. The van der Waals surface area contributed by atoms with Gasteiger partial charge in [0, 0.05) is 0 Å². The van der Waals surface area contributed by atoms with Gasteiger partial charge in [0.15, 0.2) is 23.8 Å². The van der Waals surface area contributed by atoms with E-state index in [9.17, 15) is 19.8 Å². The standard InChI is InChI=1S/C6H10O6.C6H12O6/c7-1-5(11)3(9)4(10)6(5,12)2-8;7-1-3(9)5(11)6(12)4(10)2-8/h1,3-4,8-12H,2H2;1,3-6,8-12H,2H2/t3-,4-,5+,6+;3-,4+,5+,6+/m00/s1. The number of carbonyl (C=O) groups excluding carboxylic acids is 2.